The number of pyridine rings is 1. The van der Waals surface area contributed by atoms with Gasteiger partial charge in [0.25, 0.3) is 5.91 Å². The van der Waals surface area contributed by atoms with Gasteiger partial charge >= 0.3 is 6.18 Å². The van der Waals surface area contributed by atoms with E-state index in [1.165, 1.54) is 10.9 Å². The number of nitrogens with zero attached hydrogens (tertiary/aromatic N) is 5. The van der Waals surface area contributed by atoms with Crippen molar-refractivity contribution in [2.24, 2.45) is 0 Å². The topological polar surface area (TPSA) is 75.9 Å². The number of carbonyl (C=O) groups excluding carboxylic acids is 1. The number of carbonyl (C=O) groups is 1. The molecule has 0 bridgehead atoms. The van der Waals surface area contributed by atoms with Crippen molar-refractivity contribution in [1.29, 1.82) is 0 Å². The molecule has 0 spiro atoms. The molecule has 1 amide bonds. The van der Waals surface area contributed by atoms with Crippen LogP contribution >= 0.6 is 0 Å². The van der Waals surface area contributed by atoms with Crippen LogP contribution in [0.15, 0.2) is 55.0 Å². The molecule has 4 rings (SSSR count). The number of halogens is 3. The summed E-state index contributed by atoms with van der Waals surface area (Å²) < 4.78 is 38.3. The van der Waals surface area contributed by atoms with Crippen LogP contribution < -0.4 is 5.32 Å². The van der Waals surface area contributed by atoms with E-state index in [0.717, 1.165) is 25.1 Å². The Hall–Kier alpha value is -3.43. The number of hydrogen-bond acceptors (Lipinski definition) is 5. The molecule has 2 aromatic heterocycles. The van der Waals surface area contributed by atoms with E-state index in [4.69, 9.17) is 0 Å². The standard InChI is InChI=1S/C21H21F3N6O/c1-14-17(28-19-9-8-15(13-25-19)21(22,23)24)6-4-12-29(14)20(31)16-5-2-3-7-18(16)30-26-10-11-27-30/h2-3,5,7-11,13-14,17H,4,6,12H2,1H3,(H,25,28)/t14-,17?/m0/s1. The fourth-order valence-corrected chi connectivity index (χ4v) is 3.78. The Kier molecular flexibility index (Phi) is 5.62. The molecular formula is C21H21F3N6O. The molecule has 3 aromatic rings. The summed E-state index contributed by atoms with van der Waals surface area (Å²) in [4.78, 5) is 20.4. The van der Waals surface area contributed by atoms with Gasteiger partial charge in [0.15, 0.2) is 0 Å². The summed E-state index contributed by atoms with van der Waals surface area (Å²) in [5.74, 6) is 0.201. The average Bonchev–Trinajstić information content (AvgIpc) is 3.29. The molecular weight excluding hydrogens is 409 g/mol. The Labute approximate surface area is 176 Å². The molecule has 2 atom stereocenters. The summed E-state index contributed by atoms with van der Waals surface area (Å²) in [6.07, 6.45) is 1.01. The molecule has 1 aromatic carbocycles. The number of alkyl halides is 3. The molecule has 3 heterocycles. The molecule has 10 heteroatoms. The lowest BCUT2D eigenvalue weighted by Crippen LogP contribution is -2.52. The highest BCUT2D eigenvalue weighted by atomic mass is 19.4. The number of nitrogens with one attached hydrogen (secondary N) is 1. The van der Waals surface area contributed by atoms with Gasteiger partial charge in [-0.3, -0.25) is 4.79 Å². The molecule has 0 saturated carbocycles. The van der Waals surface area contributed by atoms with Crippen molar-refractivity contribution >= 4 is 11.7 Å². The molecule has 0 aliphatic carbocycles. The fourth-order valence-electron chi connectivity index (χ4n) is 3.78. The summed E-state index contributed by atoms with van der Waals surface area (Å²) in [7, 11) is 0. The van der Waals surface area contributed by atoms with E-state index in [1.54, 1.807) is 35.5 Å². The Bertz CT molecular complexity index is 1040. The lowest BCUT2D eigenvalue weighted by Gasteiger charge is -2.40. The first kappa shape index (κ1) is 20.8. The summed E-state index contributed by atoms with van der Waals surface area (Å²) >= 11 is 0. The summed E-state index contributed by atoms with van der Waals surface area (Å²) in [6.45, 7) is 2.51. The van der Waals surface area contributed by atoms with E-state index in [-0.39, 0.29) is 18.0 Å². The highest BCUT2D eigenvalue weighted by Crippen LogP contribution is 2.30. The molecule has 1 N–H and O–H groups in total. The number of benzene rings is 1. The number of likely N-dealkylation sites (tertiary alicyclic amines) is 1. The number of piperidine rings is 1. The predicted molar refractivity (Wildman–Crippen MR) is 108 cm³/mol. The van der Waals surface area contributed by atoms with Crippen LogP contribution in [0.4, 0.5) is 19.0 Å². The summed E-state index contributed by atoms with van der Waals surface area (Å²) in [5, 5.41) is 11.4. The Morgan fingerprint density at radius 3 is 2.55 bits per heavy atom. The van der Waals surface area contributed by atoms with Crippen molar-refractivity contribution in [2.75, 3.05) is 11.9 Å². The minimum atomic E-state index is -4.43. The van der Waals surface area contributed by atoms with Crippen LogP contribution in [0.25, 0.3) is 5.69 Å². The quantitative estimate of drug-likeness (QED) is 0.682. The van der Waals surface area contributed by atoms with E-state index in [0.29, 0.717) is 23.6 Å². The van der Waals surface area contributed by atoms with Crippen molar-refractivity contribution < 1.29 is 18.0 Å². The number of hydrogen-bond donors (Lipinski definition) is 1. The second-order valence-electron chi connectivity index (χ2n) is 7.40. The van der Waals surface area contributed by atoms with Gasteiger partial charge < -0.3 is 10.2 Å². The van der Waals surface area contributed by atoms with Gasteiger partial charge in [-0.1, -0.05) is 12.1 Å². The zero-order chi connectivity index (χ0) is 22.0. The molecule has 162 valence electrons. The molecule has 1 saturated heterocycles. The monoisotopic (exact) mass is 430 g/mol. The van der Waals surface area contributed by atoms with Gasteiger partial charge in [0.1, 0.15) is 5.82 Å². The fraction of sp³-hybridized carbons (Fsp3) is 0.333. The molecule has 1 aliphatic rings. The lowest BCUT2D eigenvalue weighted by molar-refractivity contribution is -0.137. The SMILES string of the molecule is C[C@H]1C(Nc2ccc(C(F)(F)F)cn2)CCCN1C(=O)c1ccccc1-n1nccn1. The number of anilines is 1. The first-order valence-electron chi connectivity index (χ1n) is 9.91. The third kappa shape index (κ3) is 4.37. The predicted octanol–water partition coefficient (Wildman–Crippen LogP) is 3.79. The van der Waals surface area contributed by atoms with E-state index in [2.05, 4.69) is 20.5 Å². The number of amides is 1. The molecule has 1 aliphatic heterocycles. The minimum Gasteiger partial charge on any atom is -0.365 e. The van der Waals surface area contributed by atoms with Crippen LogP contribution in [-0.2, 0) is 6.18 Å². The van der Waals surface area contributed by atoms with Gasteiger partial charge in [0.05, 0.1) is 29.2 Å². The zero-order valence-corrected chi connectivity index (χ0v) is 16.8. The minimum absolute atomic E-state index is 0.142. The second kappa shape index (κ2) is 8.37. The number of aromatic nitrogens is 4. The van der Waals surface area contributed by atoms with E-state index in [1.807, 2.05) is 13.0 Å². The zero-order valence-electron chi connectivity index (χ0n) is 16.8. The van der Waals surface area contributed by atoms with Crippen molar-refractivity contribution in [3.8, 4) is 5.69 Å². The van der Waals surface area contributed by atoms with Gasteiger partial charge in [-0.2, -0.15) is 28.2 Å². The number of para-hydroxylation sites is 1. The van der Waals surface area contributed by atoms with Crippen molar-refractivity contribution in [2.45, 2.75) is 38.0 Å². The smallest absolute Gasteiger partial charge is 0.365 e. The van der Waals surface area contributed by atoms with Gasteiger partial charge in [-0.25, -0.2) is 4.98 Å². The first-order valence-corrected chi connectivity index (χ1v) is 9.91. The highest BCUT2D eigenvalue weighted by molar-refractivity contribution is 5.98. The second-order valence-corrected chi connectivity index (χ2v) is 7.40. The van der Waals surface area contributed by atoms with Gasteiger partial charge in [-0.05, 0) is 44.0 Å². The molecule has 1 unspecified atom stereocenters. The number of rotatable bonds is 4. The Balaban J connectivity index is 1.52. The average molecular weight is 430 g/mol. The van der Waals surface area contributed by atoms with Gasteiger partial charge in [0.2, 0.25) is 0 Å². The normalized spacial score (nSPS) is 19.3. The Morgan fingerprint density at radius 2 is 1.87 bits per heavy atom. The maximum Gasteiger partial charge on any atom is 0.417 e. The van der Waals surface area contributed by atoms with Crippen LogP contribution in [0.5, 0.6) is 0 Å². The van der Waals surface area contributed by atoms with E-state index in [9.17, 15) is 18.0 Å². The van der Waals surface area contributed by atoms with Crippen LogP contribution in [-0.4, -0.2) is 49.4 Å². The Morgan fingerprint density at radius 1 is 1.13 bits per heavy atom. The van der Waals surface area contributed by atoms with Gasteiger partial charge in [0, 0.05) is 24.8 Å². The molecule has 1 fully saturated rings. The van der Waals surface area contributed by atoms with E-state index >= 15 is 0 Å². The summed E-state index contributed by atoms with van der Waals surface area (Å²) in [6, 6.07) is 9.10. The lowest BCUT2D eigenvalue weighted by atomic mass is 9.96. The summed E-state index contributed by atoms with van der Waals surface area (Å²) in [5.41, 5.74) is 0.276. The first-order chi connectivity index (χ1) is 14.8. The molecule has 0 radical (unpaired) electrons. The third-order valence-corrected chi connectivity index (χ3v) is 5.44. The van der Waals surface area contributed by atoms with Crippen LogP contribution in [0.3, 0.4) is 0 Å². The van der Waals surface area contributed by atoms with Crippen LogP contribution in [0, 0.1) is 0 Å². The van der Waals surface area contributed by atoms with Crippen LogP contribution in [0.2, 0.25) is 0 Å². The van der Waals surface area contributed by atoms with Crippen LogP contribution in [0.1, 0.15) is 35.7 Å². The molecule has 31 heavy (non-hydrogen) atoms. The molecule has 7 nitrogen and oxygen atoms in total. The maximum atomic E-state index is 13.4. The van der Waals surface area contributed by atoms with Crippen molar-refractivity contribution in [3.05, 3.63) is 66.1 Å². The van der Waals surface area contributed by atoms with Crippen molar-refractivity contribution in [1.82, 2.24) is 24.9 Å². The third-order valence-electron chi connectivity index (χ3n) is 5.44. The highest BCUT2D eigenvalue weighted by Gasteiger charge is 2.34. The van der Waals surface area contributed by atoms with Gasteiger partial charge in [-0.15, -0.1) is 0 Å². The van der Waals surface area contributed by atoms with E-state index < -0.39 is 11.7 Å². The maximum absolute atomic E-state index is 13.4. The van der Waals surface area contributed by atoms with Crippen molar-refractivity contribution in [3.63, 3.8) is 0 Å². The largest absolute Gasteiger partial charge is 0.417 e.